The molecule has 1 aromatic carbocycles. The summed E-state index contributed by atoms with van der Waals surface area (Å²) in [4.78, 5) is 40.6. The number of methoxy groups -OCH3 is 3. The van der Waals surface area contributed by atoms with E-state index >= 15 is 0 Å². The fraction of sp³-hybridized carbons (Fsp3) is 0.300. The van der Waals surface area contributed by atoms with Crippen molar-refractivity contribution in [3.8, 4) is 17.2 Å². The molecule has 2 rings (SSSR count). The molecule has 0 bridgehead atoms. The molecular weight excluding hydrogens is 465 g/mol. The van der Waals surface area contributed by atoms with E-state index in [0.29, 0.717) is 10.8 Å². The first-order chi connectivity index (χ1) is 15.2. The first-order valence-electron chi connectivity index (χ1n) is 9.09. The number of nitrogens with zero attached hydrogens (tertiary/aromatic N) is 1. The van der Waals surface area contributed by atoms with E-state index in [1.54, 1.807) is 0 Å². The zero-order valence-electron chi connectivity index (χ0n) is 17.7. The third-order valence-electron chi connectivity index (χ3n) is 4.05. The van der Waals surface area contributed by atoms with Crippen molar-refractivity contribution in [2.75, 3.05) is 33.2 Å². The maximum absolute atomic E-state index is 12.4. The van der Waals surface area contributed by atoms with Crippen LogP contribution in [0.25, 0.3) is 0 Å². The summed E-state index contributed by atoms with van der Waals surface area (Å²) in [7, 11) is 4.26. The van der Waals surface area contributed by atoms with E-state index < -0.39 is 30.4 Å². The lowest BCUT2D eigenvalue weighted by molar-refractivity contribution is -0.152. The smallest absolute Gasteiger partial charge is 0.326 e. The molecule has 2 aromatic rings. The third-order valence-corrected chi connectivity index (χ3v) is 4.54. The minimum absolute atomic E-state index is 0.0691. The number of carbonyl (C=O) groups is 3. The quantitative estimate of drug-likeness (QED) is 0.519. The minimum atomic E-state index is -1.17. The average molecular weight is 486 g/mol. The van der Waals surface area contributed by atoms with Gasteiger partial charge in [0.1, 0.15) is 6.54 Å². The molecule has 172 valence electrons. The summed E-state index contributed by atoms with van der Waals surface area (Å²) in [5, 5.41) is 5.26. The molecule has 0 radical (unpaired) electrons. The van der Waals surface area contributed by atoms with Crippen LogP contribution in [0.3, 0.4) is 0 Å². The number of hydrogen-bond donors (Lipinski definition) is 2. The second kappa shape index (κ2) is 11.4. The van der Waals surface area contributed by atoms with Gasteiger partial charge in [-0.3, -0.25) is 14.4 Å². The van der Waals surface area contributed by atoms with Gasteiger partial charge in [-0.1, -0.05) is 23.2 Å². The molecule has 32 heavy (non-hydrogen) atoms. The SMILES string of the molecule is COc1cc(C(=O)NCC(=O)O[C@@H](C)C(=O)Nc2ncc(Cl)cc2Cl)cc(OC)c1OC. The van der Waals surface area contributed by atoms with Crippen molar-refractivity contribution in [1.82, 2.24) is 10.3 Å². The molecule has 0 aliphatic carbocycles. The van der Waals surface area contributed by atoms with Crippen molar-refractivity contribution < 1.29 is 33.3 Å². The standard InChI is InChI=1S/C20H21Cl2N3O7/c1-10(19(27)25-18-13(22)7-12(21)8-23-18)32-16(26)9-24-20(28)11-5-14(29-2)17(31-4)15(6-11)30-3/h5-8,10H,9H2,1-4H3,(H,24,28)(H,23,25,27)/t10-/m0/s1. The van der Waals surface area contributed by atoms with Gasteiger partial charge in [-0.05, 0) is 25.1 Å². The molecule has 0 aliphatic rings. The topological polar surface area (TPSA) is 125 Å². The summed E-state index contributed by atoms with van der Waals surface area (Å²) in [5.74, 6) is -1.13. The predicted octanol–water partition coefficient (Wildman–Crippen LogP) is 2.71. The normalized spacial score (nSPS) is 11.2. The van der Waals surface area contributed by atoms with Crippen LogP contribution in [0, 0.1) is 0 Å². The summed E-state index contributed by atoms with van der Waals surface area (Å²) < 4.78 is 20.6. The number of pyridine rings is 1. The van der Waals surface area contributed by atoms with Gasteiger partial charge in [0, 0.05) is 11.8 Å². The maximum Gasteiger partial charge on any atom is 0.326 e. The number of esters is 1. The Morgan fingerprint density at radius 2 is 1.66 bits per heavy atom. The van der Waals surface area contributed by atoms with Crippen molar-refractivity contribution in [2.24, 2.45) is 0 Å². The number of rotatable bonds is 9. The van der Waals surface area contributed by atoms with E-state index in [1.807, 2.05) is 0 Å². The van der Waals surface area contributed by atoms with Gasteiger partial charge in [-0.25, -0.2) is 4.98 Å². The summed E-state index contributed by atoms with van der Waals surface area (Å²) in [6.45, 7) is 0.880. The van der Waals surface area contributed by atoms with E-state index in [9.17, 15) is 14.4 Å². The number of hydrogen-bond acceptors (Lipinski definition) is 8. The van der Waals surface area contributed by atoms with Gasteiger partial charge in [0.2, 0.25) is 5.75 Å². The number of amides is 2. The van der Waals surface area contributed by atoms with Crippen molar-refractivity contribution >= 4 is 46.8 Å². The largest absolute Gasteiger partial charge is 0.493 e. The highest BCUT2D eigenvalue weighted by Crippen LogP contribution is 2.38. The first kappa shape index (κ1) is 25.0. The second-order valence-corrected chi connectivity index (χ2v) is 7.05. The molecule has 0 saturated carbocycles. The van der Waals surface area contributed by atoms with Crippen molar-refractivity contribution in [2.45, 2.75) is 13.0 Å². The Morgan fingerprint density at radius 1 is 1.03 bits per heavy atom. The van der Waals surface area contributed by atoms with Crippen LogP contribution in [0.2, 0.25) is 10.0 Å². The fourth-order valence-corrected chi connectivity index (χ4v) is 2.91. The van der Waals surface area contributed by atoms with Gasteiger partial charge in [-0.15, -0.1) is 0 Å². The fourth-order valence-electron chi connectivity index (χ4n) is 2.48. The van der Waals surface area contributed by atoms with Gasteiger partial charge < -0.3 is 29.6 Å². The molecule has 0 unspecified atom stereocenters. The lowest BCUT2D eigenvalue weighted by atomic mass is 10.1. The van der Waals surface area contributed by atoms with E-state index in [1.165, 1.54) is 52.6 Å². The highest BCUT2D eigenvalue weighted by atomic mass is 35.5. The van der Waals surface area contributed by atoms with E-state index in [2.05, 4.69) is 15.6 Å². The van der Waals surface area contributed by atoms with Crippen LogP contribution in [0.15, 0.2) is 24.4 Å². The van der Waals surface area contributed by atoms with Crippen LogP contribution >= 0.6 is 23.2 Å². The Kier molecular flexibility index (Phi) is 8.91. The highest BCUT2D eigenvalue weighted by Gasteiger charge is 2.21. The van der Waals surface area contributed by atoms with Crippen LogP contribution < -0.4 is 24.8 Å². The van der Waals surface area contributed by atoms with Crippen molar-refractivity contribution in [1.29, 1.82) is 0 Å². The zero-order valence-corrected chi connectivity index (χ0v) is 19.2. The van der Waals surface area contributed by atoms with Crippen LogP contribution in [0.5, 0.6) is 17.2 Å². The van der Waals surface area contributed by atoms with Crippen LogP contribution in [0.4, 0.5) is 5.82 Å². The van der Waals surface area contributed by atoms with Crippen LogP contribution in [-0.4, -0.2) is 56.7 Å². The minimum Gasteiger partial charge on any atom is -0.493 e. The summed E-state index contributed by atoms with van der Waals surface area (Å²) >= 11 is 11.7. The summed E-state index contributed by atoms with van der Waals surface area (Å²) in [5.41, 5.74) is 0.168. The number of ether oxygens (including phenoxy) is 4. The molecule has 1 aromatic heterocycles. The van der Waals surface area contributed by atoms with Crippen LogP contribution in [0.1, 0.15) is 17.3 Å². The number of benzene rings is 1. The number of halogens is 2. The molecule has 0 saturated heterocycles. The lowest BCUT2D eigenvalue weighted by Gasteiger charge is -2.15. The predicted molar refractivity (Wildman–Crippen MR) is 117 cm³/mol. The number of aromatic nitrogens is 1. The molecule has 0 aliphatic heterocycles. The van der Waals surface area contributed by atoms with Gasteiger partial charge in [0.15, 0.2) is 23.4 Å². The summed E-state index contributed by atoms with van der Waals surface area (Å²) in [6.07, 6.45) is 0.132. The molecular formula is C20H21Cl2N3O7. The zero-order chi connectivity index (χ0) is 23.8. The molecule has 1 heterocycles. The molecule has 2 N–H and O–H groups in total. The van der Waals surface area contributed by atoms with Crippen LogP contribution in [-0.2, 0) is 14.3 Å². The first-order valence-corrected chi connectivity index (χ1v) is 9.85. The van der Waals surface area contributed by atoms with Gasteiger partial charge in [0.25, 0.3) is 11.8 Å². The van der Waals surface area contributed by atoms with Gasteiger partial charge in [-0.2, -0.15) is 0 Å². The molecule has 1 atom stereocenters. The maximum atomic E-state index is 12.4. The molecule has 0 fully saturated rings. The number of anilines is 1. The van der Waals surface area contributed by atoms with E-state index in [-0.39, 0.29) is 27.9 Å². The number of nitrogens with one attached hydrogen (secondary N) is 2. The third kappa shape index (κ3) is 6.38. The second-order valence-electron chi connectivity index (χ2n) is 6.20. The Balaban J connectivity index is 1.94. The van der Waals surface area contributed by atoms with Crippen molar-refractivity contribution in [3.63, 3.8) is 0 Å². The van der Waals surface area contributed by atoms with Gasteiger partial charge >= 0.3 is 5.97 Å². The Labute approximate surface area is 194 Å². The average Bonchev–Trinajstić information content (AvgIpc) is 2.77. The summed E-state index contributed by atoms with van der Waals surface area (Å²) in [6, 6.07) is 4.27. The molecule has 12 heteroatoms. The van der Waals surface area contributed by atoms with Crippen molar-refractivity contribution in [3.05, 3.63) is 40.0 Å². The number of carbonyl (C=O) groups excluding carboxylic acids is 3. The molecule has 2 amide bonds. The van der Waals surface area contributed by atoms with Gasteiger partial charge in [0.05, 0.1) is 31.4 Å². The lowest BCUT2D eigenvalue weighted by Crippen LogP contribution is -2.36. The highest BCUT2D eigenvalue weighted by molar-refractivity contribution is 6.36. The Morgan fingerprint density at radius 3 is 2.19 bits per heavy atom. The Bertz CT molecular complexity index is 992. The van der Waals surface area contributed by atoms with E-state index in [4.69, 9.17) is 42.1 Å². The molecule has 10 nitrogen and oxygen atoms in total. The molecule has 0 spiro atoms. The monoisotopic (exact) mass is 485 g/mol. The Hall–Kier alpha value is -3.24. The van der Waals surface area contributed by atoms with E-state index in [0.717, 1.165) is 0 Å².